The van der Waals surface area contributed by atoms with Crippen LogP contribution >= 0.6 is 0 Å². The number of anilines is 3. The number of nitrogens with zero attached hydrogens (tertiary/aromatic N) is 5. The van der Waals surface area contributed by atoms with E-state index in [1.165, 1.54) is 27.4 Å². The largest absolute Gasteiger partial charge is 0.309 e. The van der Waals surface area contributed by atoms with Gasteiger partial charge in [-0.2, -0.15) is 4.57 Å². The van der Waals surface area contributed by atoms with Gasteiger partial charge in [-0.3, -0.25) is 4.57 Å². The second-order valence-corrected chi connectivity index (χ2v) is 13.9. The molecular weight excluding hydrogens is 587 g/mol. The van der Waals surface area contributed by atoms with Gasteiger partial charge >= 0.3 is 0 Å². The fourth-order valence-corrected chi connectivity index (χ4v) is 6.91. The summed E-state index contributed by atoms with van der Waals surface area (Å²) in [5.74, 6) is 0.928. The molecule has 8 aromatic rings. The van der Waals surface area contributed by atoms with Crippen LogP contribution < -0.4 is 4.90 Å². The Morgan fingerprint density at radius 3 is 2.04 bits per heavy atom. The lowest BCUT2D eigenvalue weighted by atomic mass is 9.88. The number of aromatic nitrogens is 4. The van der Waals surface area contributed by atoms with E-state index in [1.54, 1.807) is 0 Å². The highest BCUT2D eigenvalue weighted by molar-refractivity contribution is 6.10. The standard InChI is InChI=1S/C43H40N5/c1-30(2)45-29-46(40-21-12-11-20-39(40)45)33-16-13-17-34(27-33)47(32-14-7-6-8-15-32)35-22-23-37-36-18-9-10-19-38(36)48(41(37)28-35)42-26-31(24-25-44-42)43(3,4)5/h6-30H,1-5H3/q+1. The van der Waals surface area contributed by atoms with Crippen molar-refractivity contribution in [2.45, 2.75) is 46.1 Å². The van der Waals surface area contributed by atoms with Gasteiger partial charge in [0, 0.05) is 52.6 Å². The zero-order chi connectivity index (χ0) is 33.0. The summed E-state index contributed by atoms with van der Waals surface area (Å²) in [6.07, 6.45) is 4.17. The van der Waals surface area contributed by atoms with E-state index in [-0.39, 0.29) is 5.41 Å². The topological polar surface area (TPSA) is 30.9 Å². The average Bonchev–Trinajstić information content (AvgIpc) is 3.65. The molecule has 0 aliphatic rings. The smallest absolute Gasteiger partial charge is 0.191 e. The number of fused-ring (bicyclic) bond motifs is 4. The van der Waals surface area contributed by atoms with Crippen molar-refractivity contribution in [1.29, 1.82) is 0 Å². The molecule has 236 valence electrons. The van der Waals surface area contributed by atoms with Crippen LogP contribution in [0.2, 0.25) is 0 Å². The summed E-state index contributed by atoms with van der Waals surface area (Å²) in [4.78, 5) is 7.27. The van der Waals surface area contributed by atoms with Crippen molar-refractivity contribution in [3.8, 4) is 11.5 Å². The van der Waals surface area contributed by atoms with Gasteiger partial charge in [0.2, 0.25) is 0 Å². The van der Waals surface area contributed by atoms with Gasteiger partial charge in [-0.05, 0) is 91.6 Å². The molecule has 3 aromatic heterocycles. The summed E-state index contributed by atoms with van der Waals surface area (Å²) >= 11 is 0. The van der Waals surface area contributed by atoms with Crippen LogP contribution in [-0.4, -0.2) is 18.7 Å². The summed E-state index contributed by atoms with van der Waals surface area (Å²) in [7, 11) is 0. The Balaban J connectivity index is 1.34. The number of rotatable bonds is 6. The van der Waals surface area contributed by atoms with E-state index in [9.17, 15) is 0 Å². The van der Waals surface area contributed by atoms with E-state index >= 15 is 0 Å². The zero-order valence-corrected chi connectivity index (χ0v) is 28.2. The number of pyridine rings is 1. The molecule has 0 aliphatic heterocycles. The molecule has 0 N–H and O–H groups in total. The highest BCUT2D eigenvalue weighted by Gasteiger charge is 2.22. The number of benzene rings is 5. The van der Waals surface area contributed by atoms with Crippen LogP contribution in [0.15, 0.2) is 146 Å². The molecule has 5 aromatic carbocycles. The summed E-state index contributed by atoms with van der Waals surface area (Å²) in [6.45, 7) is 11.2. The van der Waals surface area contributed by atoms with Crippen LogP contribution in [0.25, 0.3) is 44.3 Å². The average molecular weight is 627 g/mol. The van der Waals surface area contributed by atoms with Crippen molar-refractivity contribution in [2.24, 2.45) is 0 Å². The molecule has 0 unspecified atom stereocenters. The van der Waals surface area contributed by atoms with Crippen molar-refractivity contribution < 1.29 is 0 Å². The highest BCUT2D eigenvalue weighted by atomic mass is 15.2. The van der Waals surface area contributed by atoms with Gasteiger partial charge in [-0.1, -0.05) is 63.2 Å². The van der Waals surface area contributed by atoms with Gasteiger partial charge in [-0.15, -0.1) is 0 Å². The third-order valence-electron chi connectivity index (χ3n) is 9.35. The minimum absolute atomic E-state index is 0.0101. The predicted molar refractivity (Wildman–Crippen MR) is 202 cm³/mol. The maximum Gasteiger partial charge on any atom is 0.191 e. The number of imidazole rings is 1. The molecule has 0 saturated heterocycles. The van der Waals surface area contributed by atoms with Crippen molar-refractivity contribution in [1.82, 2.24) is 18.7 Å². The maximum atomic E-state index is 4.92. The SMILES string of the molecule is CC(C)n1[cH+]n(-c2cccc(N(c3ccccc3)c3ccc4c5ccccc5n(-c5cc(C(C)(C)C)ccn5)c4c3)c2)c2ccccc21. The lowest BCUT2D eigenvalue weighted by molar-refractivity contribution is 0.588. The molecule has 5 nitrogen and oxygen atoms in total. The molecule has 0 radical (unpaired) electrons. The molecule has 0 bridgehead atoms. The fourth-order valence-electron chi connectivity index (χ4n) is 6.91. The van der Waals surface area contributed by atoms with E-state index < -0.39 is 0 Å². The maximum absolute atomic E-state index is 4.92. The van der Waals surface area contributed by atoms with E-state index in [2.05, 4.69) is 193 Å². The van der Waals surface area contributed by atoms with Crippen molar-refractivity contribution >= 4 is 49.9 Å². The van der Waals surface area contributed by atoms with Gasteiger partial charge in [0.25, 0.3) is 0 Å². The van der Waals surface area contributed by atoms with Gasteiger partial charge in [0.15, 0.2) is 17.4 Å². The molecule has 5 heteroatoms. The first-order valence-electron chi connectivity index (χ1n) is 16.7. The molecule has 0 fully saturated rings. The predicted octanol–water partition coefficient (Wildman–Crippen LogP) is 11.6. The van der Waals surface area contributed by atoms with Gasteiger partial charge < -0.3 is 4.90 Å². The van der Waals surface area contributed by atoms with Gasteiger partial charge in [0.05, 0.1) is 22.8 Å². The Hall–Kier alpha value is -5.68. The van der Waals surface area contributed by atoms with E-state index in [0.29, 0.717) is 6.04 Å². The van der Waals surface area contributed by atoms with Crippen LogP contribution in [0.3, 0.4) is 0 Å². The summed E-state index contributed by atoms with van der Waals surface area (Å²) in [5.41, 5.74) is 10.3. The van der Waals surface area contributed by atoms with Gasteiger partial charge in [-0.25, -0.2) is 9.55 Å². The second-order valence-electron chi connectivity index (χ2n) is 13.9. The number of hydrogen-bond acceptors (Lipinski definition) is 2. The molecule has 3 heterocycles. The molecule has 0 amide bonds. The first kappa shape index (κ1) is 29.7. The van der Waals surface area contributed by atoms with Gasteiger partial charge in [0.1, 0.15) is 11.5 Å². The summed E-state index contributed by atoms with van der Waals surface area (Å²) < 4.78 is 6.96. The van der Waals surface area contributed by atoms with Crippen molar-refractivity contribution in [3.63, 3.8) is 0 Å². The first-order valence-corrected chi connectivity index (χ1v) is 16.7. The molecule has 0 aliphatic carbocycles. The summed E-state index contributed by atoms with van der Waals surface area (Å²) in [6, 6.07) is 48.3. The van der Waals surface area contributed by atoms with E-state index in [4.69, 9.17) is 4.98 Å². The normalized spacial score (nSPS) is 12.0. The first-order chi connectivity index (χ1) is 23.3. The number of hydrogen-bond donors (Lipinski definition) is 0. The minimum Gasteiger partial charge on any atom is -0.309 e. The summed E-state index contributed by atoms with van der Waals surface area (Å²) in [5, 5.41) is 2.42. The molecule has 0 spiro atoms. The quantitative estimate of drug-likeness (QED) is 0.172. The lowest BCUT2D eigenvalue weighted by Crippen LogP contribution is -2.12. The monoisotopic (exact) mass is 626 g/mol. The van der Waals surface area contributed by atoms with E-state index in [0.717, 1.165) is 39.6 Å². The zero-order valence-electron chi connectivity index (χ0n) is 28.2. The third-order valence-corrected chi connectivity index (χ3v) is 9.35. The Morgan fingerprint density at radius 1 is 0.604 bits per heavy atom. The lowest BCUT2D eigenvalue weighted by Gasteiger charge is -2.25. The minimum atomic E-state index is 0.0101. The molecule has 0 atom stereocenters. The second kappa shape index (κ2) is 11.5. The molecule has 48 heavy (non-hydrogen) atoms. The van der Waals surface area contributed by atoms with Crippen molar-refractivity contribution in [3.05, 3.63) is 152 Å². The fraction of sp³-hybridized carbons (Fsp3) is 0.163. The van der Waals surface area contributed by atoms with Crippen molar-refractivity contribution in [2.75, 3.05) is 4.90 Å². The van der Waals surface area contributed by atoms with E-state index in [1.807, 2.05) is 6.20 Å². The Kier molecular flexibility index (Phi) is 7.14. The number of para-hydroxylation sites is 4. The molecule has 8 rings (SSSR count). The molecular formula is C43H40N5+. The Morgan fingerprint density at radius 2 is 1.27 bits per heavy atom. The highest BCUT2D eigenvalue weighted by Crippen LogP contribution is 2.40. The molecule has 0 saturated carbocycles. The van der Waals surface area contributed by atoms with Crippen LogP contribution in [0, 0.1) is 0 Å². The Labute approximate surface area is 282 Å². The van der Waals surface area contributed by atoms with Crippen LogP contribution in [0.5, 0.6) is 0 Å². The van der Waals surface area contributed by atoms with Crippen LogP contribution in [0.1, 0.15) is 46.2 Å². The third kappa shape index (κ3) is 5.03. The van der Waals surface area contributed by atoms with Crippen LogP contribution in [-0.2, 0) is 5.41 Å². The van der Waals surface area contributed by atoms with Crippen LogP contribution in [0.4, 0.5) is 17.1 Å². The Bertz CT molecular complexity index is 2420.